The first kappa shape index (κ1) is 31.3. The Hall–Kier alpha value is -1.89. The lowest BCUT2D eigenvalue weighted by atomic mass is 9.69. The van der Waals surface area contributed by atoms with Gasteiger partial charge >= 0.3 is 6.18 Å². The summed E-state index contributed by atoms with van der Waals surface area (Å²) in [5.41, 5.74) is -3.93. The zero-order chi connectivity index (χ0) is 25.0. The predicted molar refractivity (Wildman–Crippen MR) is 122 cm³/mol. The molecule has 1 aromatic carbocycles. The molecule has 7 heteroatoms. The maximum atomic E-state index is 14.0. The number of hydrogen-bond donors (Lipinski definition) is 1. The van der Waals surface area contributed by atoms with Gasteiger partial charge in [0.2, 0.25) is 0 Å². The minimum Gasteiger partial charge on any atom is -0.496 e. The molecule has 0 fully saturated rings. The van der Waals surface area contributed by atoms with Crippen molar-refractivity contribution in [1.29, 1.82) is 0 Å². The molecule has 0 spiro atoms. The summed E-state index contributed by atoms with van der Waals surface area (Å²) in [6.45, 7) is 14.0. The Bertz CT molecular complexity index is 712. The number of ether oxygens (including phenoxy) is 1. The van der Waals surface area contributed by atoms with E-state index >= 15 is 0 Å². The van der Waals surface area contributed by atoms with E-state index in [-0.39, 0.29) is 17.0 Å². The molecule has 2 unspecified atom stereocenters. The summed E-state index contributed by atoms with van der Waals surface area (Å²) in [4.78, 5) is 3.89. The van der Waals surface area contributed by atoms with Crippen LogP contribution in [0.5, 0.6) is 5.75 Å². The average molecular weight is 450 g/mol. The molecule has 0 bridgehead atoms. The predicted octanol–water partition coefficient (Wildman–Crippen LogP) is 7.13. The van der Waals surface area contributed by atoms with E-state index < -0.39 is 35.3 Å². The van der Waals surface area contributed by atoms with Crippen molar-refractivity contribution in [3.63, 3.8) is 0 Å². The van der Waals surface area contributed by atoms with Crippen molar-refractivity contribution in [3.05, 3.63) is 41.7 Å². The molecule has 0 radical (unpaired) electrons. The fraction of sp³-hybridized carbons (Fsp3) is 0.625. The van der Waals surface area contributed by atoms with Gasteiger partial charge in [0.1, 0.15) is 11.6 Å². The van der Waals surface area contributed by atoms with Gasteiger partial charge < -0.3 is 9.84 Å². The second kappa shape index (κ2) is 13.5. The van der Waals surface area contributed by atoms with Gasteiger partial charge in [-0.25, -0.2) is 4.39 Å². The van der Waals surface area contributed by atoms with E-state index in [9.17, 15) is 22.7 Å². The SMILES string of the molecule is C/C=C\C(=NC)C(C)C(O)(CC(C)(C)c1cc(F)ccc1OC)C(F)(F)F.CC.CC. The third-order valence-corrected chi connectivity index (χ3v) is 4.85. The summed E-state index contributed by atoms with van der Waals surface area (Å²) in [5.74, 6) is -1.65. The number of rotatable bonds is 7. The first-order valence-corrected chi connectivity index (χ1v) is 10.6. The first-order valence-electron chi connectivity index (χ1n) is 10.6. The van der Waals surface area contributed by atoms with Crippen molar-refractivity contribution >= 4 is 5.71 Å². The van der Waals surface area contributed by atoms with Crippen LogP contribution in [-0.2, 0) is 5.41 Å². The topological polar surface area (TPSA) is 41.8 Å². The van der Waals surface area contributed by atoms with Crippen LogP contribution >= 0.6 is 0 Å². The van der Waals surface area contributed by atoms with Crippen molar-refractivity contribution in [3.8, 4) is 5.75 Å². The Morgan fingerprint density at radius 2 is 1.68 bits per heavy atom. The van der Waals surface area contributed by atoms with Gasteiger partial charge in [-0.05, 0) is 43.0 Å². The van der Waals surface area contributed by atoms with Gasteiger partial charge in [0.15, 0.2) is 5.60 Å². The monoisotopic (exact) mass is 449 g/mol. The molecule has 2 atom stereocenters. The van der Waals surface area contributed by atoms with Crippen LogP contribution in [0.2, 0.25) is 0 Å². The molecule has 3 nitrogen and oxygen atoms in total. The molecular formula is C24H39F4NO2. The van der Waals surface area contributed by atoms with Crippen molar-refractivity contribution in [1.82, 2.24) is 0 Å². The zero-order valence-electron chi connectivity index (χ0n) is 20.5. The molecule has 0 aliphatic carbocycles. The molecule has 0 saturated carbocycles. The Balaban J connectivity index is 0. The molecule has 0 aliphatic heterocycles. The van der Waals surface area contributed by atoms with Gasteiger partial charge in [-0.3, -0.25) is 4.99 Å². The summed E-state index contributed by atoms with van der Waals surface area (Å²) in [7, 11) is 2.74. The highest BCUT2D eigenvalue weighted by molar-refractivity contribution is 5.97. The van der Waals surface area contributed by atoms with Crippen LogP contribution in [0.3, 0.4) is 0 Å². The molecule has 1 rings (SSSR count). The van der Waals surface area contributed by atoms with Gasteiger partial charge in [0.25, 0.3) is 0 Å². The highest BCUT2D eigenvalue weighted by atomic mass is 19.4. The lowest BCUT2D eigenvalue weighted by Gasteiger charge is -2.42. The third kappa shape index (κ3) is 7.95. The molecule has 0 heterocycles. The lowest BCUT2D eigenvalue weighted by molar-refractivity contribution is -0.276. The largest absolute Gasteiger partial charge is 0.496 e. The number of halogens is 4. The second-order valence-electron chi connectivity index (χ2n) is 7.20. The van der Waals surface area contributed by atoms with E-state index in [0.29, 0.717) is 0 Å². The van der Waals surface area contributed by atoms with Crippen LogP contribution in [0.15, 0.2) is 35.3 Å². The maximum Gasteiger partial charge on any atom is 0.417 e. The van der Waals surface area contributed by atoms with E-state index in [1.165, 1.54) is 53.1 Å². The van der Waals surface area contributed by atoms with E-state index in [2.05, 4.69) is 4.99 Å². The molecule has 0 aliphatic rings. The standard InChI is InChI=1S/C20H27F4NO2.2C2H6/c1-7-8-16(25-5)13(2)19(26,20(22,23)24)12-18(3,4)15-11-14(21)9-10-17(15)27-6;2*1-2/h7-11,13,26H,12H2,1-6H3;2*1-2H3/b8-7-,25-16?;;. The van der Waals surface area contributed by atoms with Crippen LogP contribution in [0.4, 0.5) is 17.6 Å². The van der Waals surface area contributed by atoms with E-state index in [4.69, 9.17) is 4.74 Å². The number of nitrogens with zero attached hydrogens (tertiary/aromatic N) is 1. The number of allylic oxidation sites excluding steroid dienone is 2. The maximum absolute atomic E-state index is 14.0. The van der Waals surface area contributed by atoms with E-state index in [1.54, 1.807) is 13.0 Å². The Labute approximate surface area is 185 Å². The smallest absolute Gasteiger partial charge is 0.417 e. The summed E-state index contributed by atoms with van der Waals surface area (Å²) in [5, 5.41) is 10.8. The van der Waals surface area contributed by atoms with Crippen molar-refractivity contribution in [2.45, 2.75) is 79.0 Å². The number of hydrogen-bond acceptors (Lipinski definition) is 3. The third-order valence-electron chi connectivity index (χ3n) is 4.85. The molecule has 1 N–H and O–H groups in total. The van der Waals surface area contributed by atoms with E-state index in [0.717, 1.165) is 6.07 Å². The van der Waals surface area contributed by atoms with Crippen molar-refractivity contribution in [2.24, 2.45) is 10.9 Å². The van der Waals surface area contributed by atoms with Crippen LogP contribution in [0.25, 0.3) is 0 Å². The van der Waals surface area contributed by atoms with E-state index in [1.807, 2.05) is 27.7 Å². The number of benzene rings is 1. The minimum atomic E-state index is -4.91. The highest BCUT2D eigenvalue weighted by Crippen LogP contribution is 2.47. The van der Waals surface area contributed by atoms with Crippen molar-refractivity contribution < 1.29 is 27.4 Å². The highest BCUT2D eigenvalue weighted by Gasteiger charge is 2.60. The molecule has 31 heavy (non-hydrogen) atoms. The fourth-order valence-electron chi connectivity index (χ4n) is 3.30. The second-order valence-corrected chi connectivity index (χ2v) is 7.20. The summed E-state index contributed by atoms with van der Waals surface area (Å²) >= 11 is 0. The molecule has 180 valence electrons. The summed E-state index contributed by atoms with van der Waals surface area (Å²) < 4.78 is 60.8. The molecule has 1 aromatic rings. The lowest BCUT2D eigenvalue weighted by Crippen LogP contribution is -2.55. The molecule has 0 saturated heterocycles. The number of aliphatic imine (C=N–C) groups is 1. The number of alkyl halides is 3. The molecular weight excluding hydrogens is 410 g/mol. The number of aliphatic hydroxyl groups is 1. The van der Waals surface area contributed by atoms with Crippen LogP contribution in [-0.4, -0.2) is 36.8 Å². The van der Waals surface area contributed by atoms with Gasteiger partial charge in [0.05, 0.1) is 7.11 Å². The number of methoxy groups -OCH3 is 1. The van der Waals surface area contributed by atoms with Crippen LogP contribution in [0.1, 0.15) is 67.4 Å². The summed E-state index contributed by atoms with van der Waals surface area (Å²) in [6.07, 6.45) is -2.60. The fourth-order valence-corrected chi connectivity index (χ4v) is 3.30. The summed E-state index contributed by atoms with van der Waals surface area (Å²) in [6, 6.07) is 3.67. The van der Waals surface area contributed by atoms with Gasteiger partial charge in [-0.1, -0.05) is 54.5 Å². The van der Waals surface area contributed by atoms with Gasteiger partial charge in [-0.15, -0.1) is 0 Å². The first-order chi connectivity index (χ1) is 14.3. The van der Waals surface area contributed by atoms with Crippen LogP contribution in [0, 0.1) is 11.7 Å². The molecule has 0 aromatic heterocycles. The van der Waals surface area contributed by atoms with Crippen LogP contribution < -0.4 is 4.74 Å². The zero-order valence-corrected chi connectivity index (χ0v) is 20.5. The quantitative estimate of drug-likeness (QED) is 0.355. The molecule has 0 amide bonds. The van der Waals surface area contributed by atoms with Gasteiger partial charge in [-0.2, -0.15) is 13.2 Å². The Kier molecular flexibility index (Phi) is 13.6. The minimum absolute atomic E-state index is 0.124. The Morgan fingerprint density at radius 3 is 2.06 bits per heavy atom. The van der Waals surface area contributed by atoms with Gasteiger partial charge in [0, 0.05) is 24.2 Å². The normalized spacial score (nSPS) is 15.3. The average Bonchev–Trinajstić information content (AvgIpc) is 2.73. The Morgan fingerprint density at radius 1 is 1.16 bits per heavy atom. The van der Waals surface area contributed by atoms with Crippen molar-refractivity contribution in [2.75, 3.05) is 14.2 Å².